The second kappa shape index (κ2) is 1.53. The molecule has 0 nitrogen and oxygen atoms in total. The Morgan fingerprint density at radius 3 is 2.43 bits per heavy atom. The van der Waals surface area contributed by atoms with Crippen molar-refractivity contribution < 1.29 is 0 Å². The Kier molecular flexibility index (Phi) is 1.01. The summed E-state index contributed by atoms with van der Waals surface area (Å²) >= 11 is 0. The van der Waals surface area contributed by atoms with Gasteiger partial charge in [-0.3, -0.25) is 0 Å². The van der Waals surface area contributed by atoms with E-state index in [4.69, 9.17) is 0 Å². The van der Waals surface area contributed by atoms with Gasteiger partial charge in [0, 0.05) is 0 Å². The lowest BCUT2D eigenvalue weighted by Gasteiger charge is -1.73. The van der Waals surface area contributed by atoms with Gasteiger partial charge in [-0.25, -0.2) is 0 Å². The number of rotatable bonds is 1. The lowest BCUT2D eigenvalue weighted by Crippen LogP contribution is -1.53. The van der Waals surface area contributed by atoms with Crippen LogP contribution in [0.25, 0.3) is 0 Å². The minimum Gasteiger partial charge on any atom is -0.0773 e. The van der Waals surface area contributed by atoms with E-state index in [1.54, 1.807) is 0 Å². The molecule has 1 rings (SSSR count). The smallest absolute Gasteiger partial charge is 0.0264 e. The molecule has 0 heterocycles. The van der Waals surface area contributed by atoms with Gasteiger partial charge in [0.05, 0.1) is 0 Å². The molecular formula is C7H10. The molecule has 0 unspecified atom stereocenters. The highest BCUT2D eigenvalue weighted by molar-refractivity contribution is 5.55. The molecule has 0 aromatic heterocycles. The highest BCUT2D eigenvalue weighted by atomic mass is 14.1. The molecule has 0 saturated heterocycles. The van der Waals surface area contributed by atoms with Gasteiger partial charge in [0.15, 0.2) is 0 Å². The first-order valence-corrected chi connectivity index (χ1v) is 2.73. The van der Waals surface area contributed by atoms with Crippen LogP contribution in [0.3, 0.4) is 0 Å². The third-order valence-corrected chi connectivity index (χ3v) is 1.17. The Balaban J connectivity index is 2.36. The van der Waals surface area contributed by atoms with Crippen molar-refractivity contribution >= 4 is 0 Å². The van der Waals surface area contributed by atoms with Gasteiger partial charge >= 0.3 is 0 Å². The van der Waals surface area contributed by atoms with Crippen LogP contribution in [0.2, 0.25) is 0 Å². The summed E-state index contributed by atoms with van der Waals surface area (Å²) in [5, 5.41) is 0. The molecule has 1 aliphatic carbocycles. The molecule has 0 atom stereocenters. The van der Waals surface area contributed by atoms with Crippen molar-refractivity contribution in [2.75, 3.05) is 0 Å². The minimum absolute atomic E-state index is 1.17. The Labute approximate surface area is 44.5 Å². The van der Waals surface area contributed by atoms with Crippen molar-refractivity contribution in [2.45, 2.75) is 20.3 Å². The fourth-order valence-corrected chi connectivity index (χ4v) is 0.637. The minimum atomic E-state index is 1.17. The molecule has 0 saturated carbocycles. The van der Waals surface area contributed by atoms with E-state index in [0.717, 1.165) is 0 Å². The molecule has 0 aromatic carbocycles. The van der Waals surface area contributed by atoms with Gasteiger partial charge < -0.3 is 0 Å². The maximum absolute atomic E-state index is 2.25. The summed E-state index contributed by atoms with van der Waals surface area (Å²) in [5.41, 5.74) is 2.92. The van der Waals surface area contributed by atoms with E-state index in [1.807, 2.05) is 0 Å². The predicted molar refractivity (Wildman–Crippen MR) is 32.1 cm³/mol. The van der Waals surface area contributed by atoms with Crippen LogP contribution in [0.1, 0.15) is 20.3 Å². The molecule has 0 aliphatic heterocycles. The van der Waals surface area contributed by atoms with E-state index < -0.39 is 0 Å². The largest absolute Gasteiger partial charge is 0.0773 e. The van der Waals surface area contributed by atoms with E-state index in [0.29, 0.717) is 0 Å². The molecule has 38 valence electrons. The zero-order valence-corrected chi connectivity index (χ0v) is 4.86. The quantitative estimate of drug-likeness (QED) is 0.467. The summed E-state index contributed by atoms with van der Waals surface area (Å²) in [4.78, 5) is 0. The average Bonchev–Trinajstić information content (AvgIpc) is 2.22. The molecule has 0 fully saturated rings. The first-order chi connectivity index (χ1) is 3.34. The van der Waals surface area contributed by atoms with Crippen molar-refractivity contribution in [2.24, 2.45) is 0 Å². The first kappa shape index (κ1) is 4.63. The summed E-state index contributed by atoms with van der Waals surface area (Å²) in [6, 6.07) is 0. The van der Waals surface area contributed by atoms with E-state index >= 15 is 0 Å². The second-order valence-electron chi connectivity index (χ2n) is 1.90. The van der Waals surface area contributed by atoms with Gasteiger partial charge in [-0.15, -0.1) is 0 Å². The van der Waals surface area contributed by atoms with E-state index in [1.165, 1.54) is 17.6 Å². The third kappa shape index (κ3) is 0.923. The van der Waals surface area contributed by atoms with Crippen LogP contribution in [0.15, 0.2) is 23.3 Å². The predicted octanol–water partition coefficient (Wildman–Crippen LogP) is 2.28. The topological polar surface area (TPSA) is 0 Å². The van der Waals surface area contributed by atoms with Gasteiger partial charge in [0.25, 0.3) is 0 Å². The van der Waals surface area contributed by atoms with E-state index in [-0.39, 0.29) is 0 Å². The van der Waals surface area contributed by atoms with Crippen molar-refractivity contribution in [1.29, 1.82) is 0 Å². The molecule has 7 heavy (non-hydrogen) atoms. The second-order valence-corrected chi connectivity index (χ2v) is 1.90. The van der Waals surface area contributed by atoms with Crippen LogP contribution >= 0.6 is 0 Å². The standard InChI is InChI=1S/C7H10/c1-3-4-7-5-6(7)2/h4-5H,3H2,1-2H3. The molecule has 0 N–H and O–H groups in total. The Morgan fingerprint density at radius 2 is 2.29 bits per heavy atom. The SMILES string of the molecule is CCC=C1C=C1C. The molecular weight excluding hydrogens is 84.1 g/mol. The molecule has 0 radical (unpaired) electrons. The van der Waals surface area contributed by atoms with Gasteiger partial charge in [-0.2, -0.15) is 0 Å². The summed E-state index contributed by atoms with van der Waals surface area (Å²) < 4.78 is 0. The van der Waals surface area contributed by atoms with Crippen LogP contribution in [-0.4, -0.2) is 0 Å². The lowest BCUT2D eigenvalue weighted by atomic mass is 10.3. The molecule has 0 aromatic rings. The number of hydrogen-bond donors (Lipinski definition) is 0. The van der Waals surface area contributed by atoms with E-state index in [2.05, 4.69) is 26.0 Å². The van der Waals surface area contributed by atoms with E-state index in [9.17, 15) is 0 Å². The fraction of sp³-hybridized carbons (Fsp3) is 0.429. The highest BCUT2D eigenvalue weighted by Crippen LogP contribution is 2.26. The molecule has 0 heteroatoms. The fourth-order valence-electron chi connectivity index (χ4n) is 0.637. The van der Waals surface area contributed by atoms with Crippen LogP contribution in [0.4, 0.5) is 0 Å². The van der Waals surface area contributed by atoms with Gasteiger partial charge in [-0.1, -0.05) is 19.1 Å². The maximum atomic E-state index is 2.25. The van der Waals surface area contributed by atoms with Crippen molar-refractivity contribution in [3.8, 4) is 0 Å². The van der Waals surface area contributed by atoms with Crippen molar-refractivity contribution in [1.82, 2.24) is 0 Å². The monoisotopic (exact) mass is 94.1 g/mol. The van der Waals surface area contributed by atoms with Crippen LogP contribution in [0.5, 0.6) is 0 Å². The Bertz CT molecular complexity index is 127. The third-order valence-electron chi connectivity index (χ3n) is 1.17. The van der Waals surface area contributed by atoms with Crippen molar-refractivity contribution in [3.05, 3.63) is 23.3 Å². The van der Waals surface area contributed by atoms with Crippen LogP contribution < -0.4 is 0 Å². The first-order valence-electron chi connectivity index (χ1n) is 2.73. The van der Waals surface area contributed by atoms with Gasteiger partial charge in [0.1, 0.15) is 0 Å². The summed E-state index contributed by atoms with van der Waals surface area (Å²) in [7, 11) is 0. The normalized spacial score (nSPS) is 22.6. The molecule has 1 aliphatic rings. The van der Waals surface area contributed by atoms with Gasteiger partial charge in [-0.05, 0) is 24.5 Å². The van der Waals surface area contributed by atoms with Crippen molar-refractivity contribution in [3.63, 3.8) is 0 Å². The molecule has 0 bridgehead atoms. The average molecular weight is 94.2 g/mol. The number of allylic oxidation sites excluding steroid dienone is 4. The van der Waals surface area contributed by atoms with Gasteiger partial charge in [0.2, 0.25) is 0 Å². The zero-order chi connectivity index (χ0) is 5.28. The zero-order valence-electron chi connectivity index (χ0n) is 4.86. The Hall–Kier alpha value is -0.520. The summed E-state index contributed by atoms with van der Waals surface area (Å²) in [6.45, 7) is 4.30. The summed E-state index contributed by atoms with van der Waals surface area (Å²) in [5.74, 6) is 0. The lowest BCUT2D eigenvalue weighted by molar-refractivity contribution is 1.22. The molecule has 0 amide bonds. The molecule has 0 spiro atoms. The Morgan fingerprint density at radius 1 is 1.71 bits per heavy atom. The number of hydrogen-bond acceptors (Lipinski definition) is 0. The van der Waals surface area contributed by atoms with Crippen LogP contribution in [0, 0.1) is 0 Å². The maximum Gasteiger partial charge on any atom is -0.0264 e. The summed E-state index contributed by atoms with van der Waals surface area (Å²) in [6.07, 6.45) is 5.61. The highest BCUT2D eigenvalue weighted by Gasteiger charge is 2.06. The van der Waals surface area contributed by atoms with Crippen LogP contribution in [-0.2, 0) is 0 Å².